The molecule has 0 aliphatic heterocycles. The van der Waals surface area contributed by atoms with Gasteiger partial charge in [0.1, 0.15) is 0 Å². The number of hydrogen-bond donors (Lipinski definition) is 0. The maximum absolute atomic E-state index is 4.99. The summed E-state index contributed by atoms with van der Waals surface area (Å²) < 4.78 is 6.81. The molecule has 0 fully saturated rings. The summed E-state index contributed by atoms with van der Waals surface area (Å²) in [6.45, 7) is 4.65. The van der Waals surface area contributed by atoms with Crippen molar-refractivity contribution in [2.24, 2.45) is 0 Å². The van der Waals surface area contributed by atoms with Crippen LogP contribution in [0.2, 0.25) is 0 Å². The van der Waals surface area contributed by atoms with Crippen LogP contribution < -0.4 is 0 Å². The standard InChI is InChI=1S/C8H10N4O/c1-3-12-5-7(4-9-12)8-10-6(2)11-13-8/h4-5H,3H2,1-2H3. The summed E-state index contributed by atoms with van der Waals surface area (Å²) in [5.41, 5.74) is 0.863. The molecule has 0 radical (unpaired) electrons. The van der Waals surface area contributed by atoms with E-state index in [1.807, 2.05) is 17.8 Å². The number of aryl methyl sites for hydroxylation is 2. The van der Waals surface area contributed by atoms with Gasteiger partial charge in [-0.3, -0.25) is 4.68 Å². The Morgan fingerprint density at radius 1 is 1.54 bits per heavy atom. The van der Waals surface area contributed by atoms with Crippen LogP contribution in [0.4, 0.5) is 0 Å². The average Bonchev–Trinajstić information content (AvgIpc) is 2.71. The van der Waals surface area contributed by atoms with Gasteiger partial charge in [-0.1, -0.05) is 5.16 Å². The number of aromatic nitrogens is 4. The molecule has 0 saturated heterocycles. The fraction of sp³-hybridized carbons (Fsp3) is 0.375. The van der Waals surface area contributed by atoms with E-state index in [0.29, 0.717) is 11.7 Å². The first kappa shape index (κ1) is 7.97. The zero-order valence-electron chi connectivity index (χ0n) is 7.56. The van der Waals surface area contributed by atoms with Crippen molar-refractivity contribution in [3.63, 3.8) is 0 Å². The Labute approximate surface area is 75.4 Å². The average molecular weight is 178 g/mol. The van der Waals surface area contributed by atoms with E-state index in [2.05, 4.69) is 15.2 Å². The molecule has 2 aromatic rings. The van der Waals surface area contributed by atoms with Crippen molar-refractivity contribution in [1.82, 2.24) is 19.9 Å². The number of rotatable bonds is 2. The van der Waals surface area contributed by atoms with E-state index >= 15 is 0 Å². The first-order valence-electron chi connectivity index (χ1n) is 4.12. The smallest absolute Gasteiger partial charge is 0.261 e. The summed E-state index contributed by atoms with van der Waals surface area (Å²) in [6, 6.07) is 0. The van der Waals surface area contributed by atoms with E-state index in [0.717, 1.165) is 12.1 Å². The molecule has 0 aliphatic rings. The molecule has 13 heavy (non-hydrogen) atoms. The lowest BCUT2D eigenvalue weighted by Gasteiger charge is -1.89. The molecule has 68 valence electrons. The lowest BCUT2D eigenvalue weighted by Crippen LogP contribution is -1.91. The minimum absolute atomic E-state index is 0.525. The van der Waals surface area contributed by atoms with Crippen LogP contribution in [0.3, 0.4) is 0 Å². The van der Waals surface area contributed by atoms with Gasteiger partial charge in [0.05, 0.1) is 11.8 Å². The molecule has 0 aliphatic carbocycles. The minimum Gasteiger partial charge on any atom is -0.334 e. The fourth-order valence-electron chi connectivity index (χ4n) is 1.06. The fourth-order valence-corrected chi connectivity index (χ4v) is 1.06. The molecular weight excluding hydrogens is 168 g/mol. The van der Waals surface area contributed by atoms with Crippen molar-refractivity contribution in [3.8, 4) is 11.5 Å². The van der Waals surface area contributed by atoms with Crippen LogP contribution in [-0.4, -0.2) is 19.9 Å². The Morgan fingerprint density at radius 2 is 2.38 bits per heavy atom. The van der Waals surface area contributed by atoms with E-state index in [1.165, 1.54) is 0 Å². The van der Waals surface area contributed by atoms with Crippen molar-refractivity contribution in [2.75, 3.05) is 0 Å². The SMILES string of the molecule is CCn1cc(-c2nc(C)no2)cn1. The lowest BCUT2D eigenvalue weighted by molar-refractivity contribution is 0.425. The summed E-state index contributed by atoms with van der Waals surface area (Å²) in [5, 5.41) is 7.81. The van der Waals surface area contributed by atoms with Gasteiger partial charge in [-0.2, -0.15) is 10.1 Å². The topological polar surface area (TPSA) is 56.7 Å². The van der Waals surface area contributed by atoms with Crippen molar-refractivity contribution in [2.45, 2.75) is 20.4 Å². The zero-order valence-corrected chi connectivity index (χ0v) is 7.56. The maximum atomic E-state index is 4.99. The van der Waals surface area contributed by atoms with Gasteiger partial charge in [-0.05, 0) is 13.8 Å². The van der Waals surface area contributed by atoms with Crippen LogP contribution in [0, 0.1) is 6.92 Å². The molecule has 2 heterocycles. The molecule has 0 bridgehead atoms. The Balaban J connectivity index is 2.35. The highest BCUT2D eigenvalue weighted by Crippen LogP contribution is 2.15. The molecule has 0 amide bonds. The first-order valence-corrected chi connectivity index (χ1v) is 4.12. The Hall–Kier alpha value is -1.65. The highest BCUT2D eigenvalue weighted by atomic mass is 16.5. The second-order valence-corrected chi connectivity index (χ2v) is 2.73. The number of nitrogens with zero attached hydrogens (tertiary/aromatic N) is 4. The van der Waals surface area contributed by atoms with Crippen LogP contribution in [-0.2, 0) is 6.54 Å². The van der Waals surface area contributed by atoms with E-state index in [9.17, 15) is 0 Å². The molecule has 5 heteroatoms. The molecule has 0 saturated carbocycles. The van der Waals surface area contributed by atoms with Gasteiger partial charge in [0.15, 0.2) is 5.82 Å². The van der Waals surface area contributed by atoms with Crippen molar-refractivity contribution in [1.29, 1.82) is 0 Å². The van der Waals surface area contributed by atoms with Gasteiger partial charge in [0, 0.05) is 12.7 Å². The van der Waals surface area contributed by atoms with Gasteiger partial charge in [-0.25, -0.2) is 0 Å². The molecule has 5 nitrogen and oxygen atoms in total. The van der Waals surface area contributed by atoms with E-state index in [4.69, 9.17) is 4.52 Å². The molecule has 0 aromatic carbocycles. The highest BCUT2D eigenvalue weighted by molar-refractivity contribution is 5.49. The third kappa shape index (κ3) is 1.44. The molecular formula is C8H10N4O. The van der Waals surface area contributed by atoms with E-state index in [-0.39, 0.29) is 0 Å². The van der Waals surface area contributed by atoms with Crippen molar-refractivity contribution in [3.05, 3.63) is 18.2 Å². The Morgan fingerprint density at radius 3 is 2.92 bits per heavy atom. The van der Waals surface area contributed by atoms with Crippen LogP contribution in [0.25, 0.3) is 11.5 Å². The molecule has 0 N–H and O–H groups in total. The normalized spacial score (nSPS) is 10.6. The zero-order chi connectivity index (χ0) is 9.26. The summed E-state index contributed by atoms with van der Waals surface area (Å²) >= 11 is 0. The Kier molecular flexibility index (Phi) is 1.84. The molecule has 0 atom stereocenters. The third-order valence-corrected chi connectivity index (χ3v) is 1.73. The third-order valence-electron chi connectivity index (χ3n) is 1.73. The molecule has 2 rings (SSSR count). The molecule has 0 unspecified atom stereocenters. The lowest BCUT2D eigenvalue weighted by atomic mass is 10.4. The quantitative estimate of drug-likeness (QED) is 0.694. The summed E-state index contributed by atoms with van der Waals surface area (Å²) in [6.07, 6.45) is 3.60. The van der Waals surface area contributed by atoms with Crippen LogP contribution >= 0.6 is 0 Å². The minimum atomic E-state index is 0.525. The summed E-state index contributed by atoms with van der Waals surface area (Å²) in [7, 11) is 0. The van der Waals surface area contributed by atoms with Gasteiger partial charge in [0.25, 0.3) is 5.89 Å². The second-order valence-electron chi connectivity index (χ2n) is 2.73. The highest BCUT2D eigenvalue weighted by Gasteiger charge is 2.07. The van der Waals surface area contributed by atoms with E-state index < -0.39 is 0 Å². The predicted octanol–water partition coefficient (Wildman–Crippen LogP) is 1.26. The largest absolute Gasteiger partial charge is 0.334 e. The van der Waals surface area contributed by atoms with Gasteiger partial charge >= 0.3 is 0 Å². The molecule has 0 spiro atoms. The van der Waals surface area contributed by atoms with Crippen molar-refractivity contribution < 1.29 is 4.52 Å². The summed E-state index contributed by atoms with van der Waals surface area (Å²) in [5.74, 6) is 1.16. The maximum Gasteiger partial charge on any atom is 0.261 e. The van der Waals surface area contributed by atoms with Gasteiger partial charge < -0.3 is 4.52 Å². The Bertz CT molecular complexity index is 404. The van der Waals surface area contributed by atoms with Crippen LogP contribution in [0.1, 0.15) is 12.7 Å². The van der Waals surface area contributed by atoms with Crippen molar-refractivity contribution >= 4 is 0 Å². The predicted molar refractivity (Wildman–Crippen MR) is 45.9 cm³/mol. The van der Waals surface area contributed by atoms with Crippen LogP contribution in [0.5, 0.6) is 0 Å². The van der Waals surface area contributed by atoms with Crippen LogP contribution in [0.15, 0.2) is 16.9 Å². The van der Waals surface area contributed by atoms with Gasteiger partial charge in [-0.15, -0.1) is 0 Å². The summed E-state index contributed by atoms with van der Waals surface area (Å²) in [4.78, 5) is 4.10. The van der Waals surface area contributed by atoms with Gasteiger partial charge in [0.2, 0.25) is 0 Å². The molecule has 2 aromatic heterocycles. The monoisotopic (exact) mass is 178 g/mol. The second kappa shape index (κ2) is 3.01. The number of hydrogen-bond acceptors (Lipinski definition) is 4. The van der Waals surface area contributed by atoms with E-state index in [1.54, 1.807) is 13.1 Å². The first-order chi connectivity index (χ1) is 6.29.